The van der Waals surface area contributed by atoms with Gasteiger partial charge in [0.05, 0.1) is 39.1 Å². The Labute approximate surface area is 220 Å². The number of unbranched alkanes of at least 4 members (excludes halogenated alkanes) is 1. The van der Waals surface area contributed by atoms with Crippen LogP contribution < -0.4 is 0 Å². The Morgan fingerprint density at radius 3 is 2.38 bits per heavy atom. The van der Waals surface area contributed by atoms with E-state index >= 15 is 0 Å². The summed E-state index contributed by atoms with van der Waals surface area (Å²) in [5, 5.41) is 0. The van der Waals surface area contributed by atoms with Crippen LogP contribution in [0.2, 0.25) is 0 Å². The molecule has 0 N–H and O–H groups in total. The lowest BCUT2D eigenvalue weighted by atomic mass is 9.95. The van der Waals surface area contributed by atoms with Crippen LogP contribution in [0.3, 0.4) is 0 Å². The van der Waals surface area contributed by atoms with E-state index in [0.717, 1.165) is 37.9 Å². The van der Waals surface area contributed by atoms with E-state index in [9.17, 15) is 9.59 Å². The molecule has 2 aliphatic rings. The minimum atomic E-state index is -0.178. The van der Waals surface area contributed by atoms with Gasteiger partial charge in [-0.05, 0) is 42.9 Å². The fourth-order valence-electron chi connectivity index (χ4n) is 5.29. The number of carbonyl (C=O) groups is 2. The number of allylic oxidation sites excluding steroid dienone is 2. The molecule has 1 saturated carbocycles. The Morgan fingerprint density at radius 2 is 1.70 bits per heavy atom. The number of nitrogens with zero attached hydrogens (tertiary/aromatic N) is 1. The van der Waals surface area contributed by atoms with Crippen molar-refractivity contribution in [1.29, 1.82) is 0 Å². The van der Waals surface area contributed by atoms with Crippen LogP contribution in [0.25, 0.3) is 11.1 Å². The third-order valence-corrected chi connectivity index (χ3v) is 7.41. The van der Waals surface area contributed by atoms with E-state index in [0.29, 0.717) is 32.7 Å². The fourth-order valence-corrected chi connectivity index (χ4v) is 5.29. The number of aryl methyl sites for hydroxylation is 1. The molecule has 4 rings (SSSR count). The first-order chi connectivity index (χ1) is 18.0. The van der Waals surface area contributed by atoms with Crippen molar-refractivity contribution in [3.63, 3.8) is 0 Å². The van der Waals surface area contributed by atoms with Gasteiger partial charge in [-0.1, -0.05) is 66.2 Å². The number of hydrogen-bond acceptors (Lipinski definition) is 6. The van der Waals surface area contributed by atoms with Crippen LogP contribution in [0.5, 0.6) is 0 Å². The molecule has 0 spiro atoms. The molecule has 37 heavy (non-hydrogen) atoms. The second-order valence-electron chi connectivity index (χ2n) is 10.0. The first-order valence-electron chi connectivity index (χ1n) is 13.4. The molecule has 6 nitrogen and oxygen atoms in total. The smallest absolute Gasteiger partial charge is 0.305 e. The predicted octanol–water partition coefficient (Wildman–Crippen LogP) is 5.13. The van der Waals surface area contributed by atoms with E-state index in [4.69, 9.17) is 14.2 Å². The van der Waals surface area contributed by atoms with Gasteiger partial charge in [-0.3, -0.25) is 14.5 Å². The number of benzene rings is 2. The number of ketones is 1. The minimum absolute atomic E-state index is 0.106. The van der Waals surface area contributed by atoms with Gasteiger partial charge in [0.15, 0.2) is 5.78 Å². The molecule has 1 saturated heterocycles. The summed E-state index contributed by atoms with van der Waals surface area (Å²) in [6.45, 7) is 5.47. The number of carbonyl (C=O) groups excluding carboxylic acids is 2. The van der Waals surface area contributed by atoms with Crippen molar-refractivity contribution in [2.24, 2.45) is 5.92 Å². The summed E-state index contributed by atoms with van der Waals surface area (Å²) in [6, 6.07) is 16.9. The Bertz CT molecular complexity index is 1040. The van der Waals surface area contributed by atoms with E-state index < -0.39 is 0 Å². The first-order valence-corrected chi connectivity index (χ1v) is 13.4. The molecule has 0 aromatic heterocycles. The number of hydrogen-bond donors (Lipinski definition) is 0. The van der Waals surface area contributed by atoms with Gasteiger partial charge in [-0.2, -0.15) is 0 Å². The lowest BCUT2D eigenvalue weighted by Crippen LogP contribution is -2.49. The summed E-state index contributed by atoms with van der Waals surface area (Å²) in [5.74, 6) is 0.197. The lowest BCUT2D eigenvalue weighted by Gasteiger charge is -2.35. The zero-order chi connectivity index (χ0) is 26.0. The van der Waals surface area contributed by atoms with Crippen LogP contribution in [0.1, 0.15) is 43.2 Å². The standard InChI is InChI=1S/C31H39NO5/c1-23-9-13-25(14-10-23)26-15-11-24(12-16-26)22-37-29-21-28(33)31(32-17-19-36-20-18-32)27(29)7-5-3-4-6-8-30(34)35-2/h3,5,9-16,27,29,31H,4,6-8,17-22H2,1-2H3/t27-,29-,31+/m0/s1. The molecular formula is C31H39NO5. The number of morpholine rings is 1. The molecular weight excluding hydrogens is 466 g/mol. The van der Waals surface area contributed by atoms with Crippen molar-refractivity contribution in [2.45, 2.75) is 57.8 Å². The summed E-state index contributed by atoms with van der Waals surface area (Å²) in [5.41, 5.74) is 4.74. The molecule has 2 aromatic rings. The van der Waals surface area contributed by atoms with Gasteiger partial charge in [0.2, 0.25) is 0 Å². The molecule has 1 aliphatic carbocycles. The van der Waals surface area contributed by atoms with Crippen molar-refractivity contribution in [1.82, 2.24) is 4.90 Å². The van der Waals surface area contributed by atoms with Crippen LogP contribution in [0, 0.1) is 12.8 Å². The van der Waals surface area contributed by atoms with Gasteiger partial charge < -0.3 is 14.2 Å². The number of methoxy groups -OCH3 is 1. The highest BCUT2D eigenvalue weighted by molar-refractivity contribution is 5.87. The number of rotatable bonds is 11. The predicted molar refractivity (Wildman–Crippen MR) is 144 cm³/mol. The van der Waals surface area contributed by atoms with Crippen molar-refractivity contribution in [3.8, 4) is 11.1 Å². The highest BCUT2D eigenvalue weighted by Gasteiger charge is 2.45. The minimum Gasteiger partial charge on any atom is -0.469 e. The molecule has 2 fully saturated rings. The molecule has 1 heterocycles. The maximum absolute atomic E-state index is 13.1. The number of ether oxygens (including phenoxy) is 3. The molecule has 0 amide bonds. The van der Waals surface area contributed by atoms with Crippen LogP contribution in [0.4, 0.5) is 0 Å². The van der Waals surface area contributed by atoms with Gasteiger partial charge in [0.1, 0.15) is 0 Å². The Balaban J connectivity index is 1.37. The van der Waals surface area contributed by atoms with Crippen molar-refractivity contribution >= 4 is 11.8 Å². The molecule has 2 aromatic carbocycles. The monoisotopic (exact) mass is 505 g/mol. The van der Waals surface area contributed by atoms with Gasteiger partial charge >= 0.3 is 5.97 Å². The highest BCUT2D eigenvalue weighted by Crippen LogP contribution is 2.34. The number of Topliss-reactive ketones (excluding diaryl/α,β-unsaturated/α-hetero) is 1. The van der Waals surface area contributed by atoms with Crippen LogP contribution >= 0.6 is 0 Å². The Kier molecular flexibility index (Phi) is 10.1. The van der Waals surface area contributed by atoms with E-state index in [1.54, 1.807) is 0 Å². The number of esters is 1. The first kappa shape index (κ1) is 27.2. The second kappa shape index (κ2) is 13.7. The van der Waals surface area contributed by atoms with E-state index in [1.807, 2.05) is 0 Å². The summed E-state index contributed by atoms with van der Waals surface area (Å²) in [4.78, 5) is 26.7. The highest BCUT2D eigenvalue weighted by atomic mass is 16.5. The van der Waals surface area contributed by atoms with E-state index in [2.05, 4.69) is 72.5 Å². The Morgan fingerprint density at radius 1 is 1.03 bits per heavy atom. The van der Waals surface area contributed by atoms with Crippen LogP contribution in [-0.2, 0) is 30.4 Å². The average Bonchev–Trinajstić information content (AvgIpc) is 3.25. The molecule has 0 bridgehead atoms. The maximum Gasteiger partial charge on any atom is 0.305 e. The van der Waals surface area contributed by atoms with Gasteiger partial charge in [-0.15, -0.1) is 0 Å². The molecule has 6 heteroatoms. The van der Waals surface area contributed by atoms with Crippen molar-refractivity contribution < 1.29 is 23.8 Å². The molecule has 0 unspecified atom stereocenters. The average molecular weight is 506 g/mol. The SMILES string of the molecule is COC(=O)CCCC=CC[C@H]1[C@@H](OCc2ccc(-c3ccc(C)cc3)cc2)CC(=O)[C@@H]1N1CCOCC1. The van der Waals surface area contributed by atoms with Gasteiger partial charge in [0, 0.05) is 31.8 Å². The molecule has 0 radical (unpaired) electrons. The summed E-state index contributed by atoms with van der Waals surface area (Å²) in [7, 11) is 1.42. The maximum atomic E-state index is 13.1. The quantitative estimate of drug-likeness (QED) is 0.240. The largest absolute Gasteiger partial charge is 0.469 e. The topological polar surface area (TPSA) is 65.1 Å². The molecule has 3 atom stereocenters. The van der Waals surface area contributed by atoms with Crippen LogP contribution in [0.15, 0.2) is 60.7 Å². The third kappa shape index (κ3) is 7.60. The molecule has 198 valence electrons. The zero-order valence-corrected chi connectivity index (χ0v) is 22.1. The third-order valence-electron chi connectivity index (χ3n) is 7.41. The summed E-state index contributed by atoms with van der Waals surface area (Å²) >= 11 is 0. The summed E-state index contributed by atoms with van der Waals surface area (Å²) < 4.78 is 16.6. The second-order valence-corrected chi connectivity index (χ2v) is 10.0. The van der Waals surface area contributed by atoms with Gasteiger partial charge in [-0.25, -0.2) is 0 Å². The van der Waals surface area contributed by atoms with E-state index in [-0.39, 0.29) is 29.8 Å². The van der Waals surface area contributed by atoms with Crippen LogP contribution in [-0.4, -0.2) is 62.2 Å². The fraction of sp³-hybridized carbons (Fsp3) is 0.484. The molecule has 1 aliphatic heterocycles. The Hall–Kier alpha value is -2.80. The lowest BCUT2D eigenvalue weighted by molar-refractivity contribution is -0.140. The summed E-state index contributed by atoms with van der Waals surface area (Å²) in [6.07, 6.45) is 7.39. The van der Waals surface area contributed by atoms with Gasteiger partial charge in [0.25, 0.3) is 0 Å². The van der Waals surface area contributed by atoms with Crippen molar-refractivity contribution in [3.05, 3.63) is 71.8 Å². The van der Waals surface area contributed by atoms with Crippen molar-refractivity contribution in [2.75, 3.05) is 33.4 Å². The normalized spacial score (nSPS) is 22.5. The van der Waals surface area contributed by atoms with E-state index in [1.165, 1.54) is 23.8 Å². The zero-order valence-electron chi connectivity index (χ0n) is 22.1.